The fourth-order valence-corrected chi connectivity index (χ4v) is 1.33. The molecule has 110 valence electrons. The molecule has 4 N–H and O–H groups in total. The van der Waals surface area contributed by atoms with E-state index in [9.17, 15) is 22.8 Å². The quantitative estimate of drug-likeness (QED) is 0.775. The van der Waals surface area contributed by atoms with Crippen LogP contribution in [0.25, 0.3) is 0 Å². The van der Waals surface area contributed by atoms with Crippen LogP contribution in [0.5, 0.6) is 0 Å². The Bertz CT molecular complexity index is 560. The van der Waals surface area contributed by atoms with Gasteiger partial charge < -0.3 is 16.2 Å². The Balaban J connectivity index is 3.36. The number of amides is 1. The predicted molar refractivity (Wildman–Crippen MR) is 63.2 cm³/mol. The lowest BCUT2D eigenvalue weighted by molar-refractivity contribution is -0.193. The van der Waals surface area contributed by atoms with Gasteiger partial charge in [0.05, 0.1) is 5.56 Å². The number of rotatable bonds is 4. The first-order chi connectivity index (χ1) is 8.99. The highest BCUT2D eigenvalue weighted by atomic mass is 19.4. The van der Waals surface area contributed by atoms with Gasteiger partial charge in [-0.1, -0.05) is 0 Å². The lowest BCUT2D eigenvalue weighted by atomic mass is 10.0. The van der Waals surface area contributed by atoms with Crippen molar-refractivity contribution in [1.29, 1.82) is 0 Å². The van der Waals surface area contributed by atoms with Crippen molar-refractivity contribution in [3.05, 3.63) is 23.4 Å². The van der Waals surface area contributed by atoms with Crippen molar-refractivity contribution in [3.63, 3.8) is 0 Å². The molecule has 0 saturated carbocycles. The second-order valence-electron chi connectivity index (χ2n) is 4.27. The summed E-state index contributed by atoms with van der Waals surface area (Å²) in [5.74, 6) is -3.70. The van der Waals surface area contributed by atoms with E-state index < -0.39 is 29.4 Å². The third-order valence-corrected chi connectivity index (χ3v) is 2.66. The Hall–Kier alpha value is -2.32. The van der Waals surface area contributed by atoms with E-state index in [4.69, 9.17) is 10.8 Å². The Morgan fingerprint density at radius 1 is 1.35 bits per heavy atom. The Labute approximate surface area is 111 Å². The molecular weight excluding hydrogens is 279 g/mol. The molecule has 1 rings (SSSR count). The number of aliphatic carboxylic acids is 1. The minimum atomic E-state index is -5.10. The van der Waals surface area contributed by atoms with Gasteiger partial charge in [0.25, 0.3) is 5.91 Å². The Morgan fingerprint density at radius 3 is 2.30 bits per heavy atom. The fraction of sp³-hybridized carbons (Fsp3) is 0.364. The number of alkyl halides is 3. The van der Waals surface area contributed by atoms with Crippen LogP contribution in [0.1, 0.15) is 23.0 Å². The summed E-state index contributed by atoms with van der Waals surface area (Å²) in [7, 11) is 0. The molecule has 0 aliphatic carbocycles. The maximum Gasteiger partial charge on any atom is 0.422 e. The van der Waals surface area contributed by atoms with Crippen molar-refractivity contribution in [2.75, 3.05) is 5.32 Å². The van der Waals surface area contributed by atoms with E-state index >= 15 is 0 Å². The number of hydrogen-bond acceptors (Lipinski definition) is 4. The van der Waals surface area contributed by atoms with E-state index in [1.54, 1.807) is 5.32 Å². The average molecular weight is 291 g/mol. The summed E-state index contributed by atoms with van der Waals surface area (Å²) in [6.45, 7) is 1.91. The zero-order valence-corrected chi connectivity index (χ0v) is 10.6. The number of carbonyl (C=O) groups is 2. The first kappa shape index (κ1) is 15.7. The van der Waals surface area contributed by atoms with Gasteiger partial charge in [-0.3, -0.25) is 4.79 Å². The molecule has 0 fully saturated rings. The number of anilines is 1. The summed E-state index contributed by atoms with van der Waals surface area (Å²) in [5, 5.41) is 10.6. The molecule has 0 aliphatic rings. The number of halogens is 3. The van der Waals surface area contributed by atoms with E-state index in [2.05, 4.69) is 4.98 Å². The molecule has 0 saturated heterocycles. The van der Waals surface area contributed by atoms with Gasteiger partial charge >= 0.3 is 12.1 Å². The molecule has 0 bridgehead atoms. The molecule has 1 heterocycles. The number of nitrogens with one attached hydrogen (secondary N) is 1. The standard InChI is InChI=1S/C11H12F3N3O3/c1-5-3-4-6(7(15)18)8(16-5)17-10(2,9(19)20)11(12,13)14/h3-4H,1-2H3,(H2,15,18)(H,16,17)(H,19,20). The Morgan fingerprint density at radius 2 is 1.90 bits per heavy atom. The molecular formula is C11H12F3N3O3. The molecule has 0 aliphatic heterocycles. The van der Waals surface area contributed by atoms with Crippen LogP contribution in [0.3, 0.4) is 0 Å². The van der Waals surface area contributed by atoms with Crippen LogP contribution in [0.15, 0.2) is 12.1 Å². The molecule has 0 aromatic carbocycles. The third kappa shape index (κ3) is 2.81. The second kappa shape index (κ2) is 4.99. The van der Waals surface area contributed by atoms with Gasteiger partial charge in [-0.2, -0.15) is 13.2 Å². The lowest BCUT2D eigenvalue weighted by Crippen LogP contribution is -2.56. The number of carboxylic acid groups (broad SMARTS) is 1. The number of aromatic nitrogens is 1. The summed E-state index contributed by atoms with van der Waals surface area (Å²) in [5.41, 5.74) is 1.70. The van der Waals surface area contributed by atoms with Crippen LogP contribution in [0, 0.1) is 6.92 Å². The molecule has 20 heavy (non-hydrogen) atoms. The number of hydrogen-bond donors (Lipinski definition) is 3. The molecule has 6 nitrogen and oxygen atoms in total. The van der Waals surface area contributed by atoms with Crippen LogP contribution in [-0.2, 0) is 4.79 Å². The van der Waals surface area contributed by atoms with Gasteiger partial charge in [-0.15, -0.1) is 0 Å². The smallest absolute Gasteiger partial charge is 0.422 e. The van der Waals surface area contributed by atoms with Gasteiger partial charge in [-0.25, -0.2) is 9.78 Å². The third-order valence-electron chi connectivity index (χ3n) is 2.66. The van der Waals surface area contributed by atoms with E-state index in [0.29, 0.717) is 12.6 Å². The van der Waals surface area contributed by atoms with E-state index in [1.165, 1.54) is 19.1 Å². The number of nitrogens with two attached hydrogens (primary N) is 1. The minimum absolute atomic E-state index is 0.299. The van der Waals surface area contributed by atoms with Gasteiger partial charge in [0.15, 0.2) is 0 Å². The van der Waals surface area contributed by atoms with Crippen LogP contribution in [0.2, 0.25) is 0 Å². The topological polar surface area (TPSA) is 105 Å². The highest BCUT2D eigenvalue weighted by Crippen LogP contribution is 2.34. The molecule has 0 spiro atoms. The van der Waals surface area contributed by atoms with E-state index in [-0.39, 0.29) is 5.56 Å². The van der Waals surface area contributed by atoms with Crippen molar-refractivity contribution >= 4 is 17.7 Å². The first-order valence-electron chi connectivity index (χ1n) is 5.35. The average Bonchev–Trinajstić information content (AvgIpc) is 2.26. The van der Waals surface area contributed by atoms with Gasteiger partial charge in [-0.05, 0) is 26.0 Å². The maximum atomic E-state index is 12.9. The highest BCUT2D eigenvalue weighted by Gasteiger charge is 2.58. The SMILES string of the molecule is Cc1ccc(C(N)=O)c(NC(C)(C(=O)O)C(F)(F)F)n1. The van der Waals surface area contributed by atoms with Crippen LogP contribution in [0.4, 0.5) is 19.0 Å². The van der Waals surface area contributed by atoms with E-state index in [1.807, 2.05) is 0 Å². The van der Waals surface area contributed by atoms with Gasteiger partial charge in [0.1, 0.15) is 5.82 Å². The van der Waals surface area contributed by atoms with Crippen molar-refractivity contribution in [2.24, 2.45) is 5.73 Å². The minimum Gasteiger partial charge on any atom is -0.479 e. The van der Waals surface area contributed by atoms with Crippen molar-refractivity contribution < 1.29 is 27.9 Å². The highest BCUT2D eigenvalue weighted by molar-refractivity contribution is 5.98. The molecule has 1 aromatic rings. The molecule has 1 aromatic heterocycles. The maximum absolute atomic E-state index is 12.9. The molecule has 1 amide bonds. The normalized spacial score (nSPS) is 14.4. The predicted octanol–water partition coefficient (Wildman–Crippen LogP) is 1.31. The zero-order chi connectivity index (χ0) is 15.7. The monoisotopic (exact) mass is 291 g/mol. The fourth-order valence-electron chi connectivity index (χ4n) is 1.33. The van der Waals surface area contributed by atoms with Gasteiger partial charge in [0, 0.05) is 5.69 Å². The zero-order valence-electron chi connectivity index (χ0n) is 10.6. The van der Waals surface area contributed by atoms with Crippen LogP contribution in [-0.4, -0.2) is 33.7 Å². The summed E-state index contributed by atoms with van der Waals surface area (Å²) in [6.07, 6.45) is -5.10. The van der Waals surface area contributed by atoms with Crippen LogP contribution >= 0.6 is 0 Å². The number of pyridine rings is 1. The number of aryl methyl sites for hydroxylation is 1. The molecule has 0 radical (unpaired) electrons. The summed E-state index contributed by atoms with van der Waals surface area (Å²) >= 11 is 0. The van der Waals surface area contributed by atoms with Gasteiger partial charge in [0.2, 0.25) is 5.54 Å². The van der Waals surface area contributed by atoms with Crippen molar-refractivity contribution in [2.45, 2.75) is 25.6 Å². The first-order valence-corrected chi connectivity index (χ1v) is 5.35. The molecule has 9 heteroatoms. The lowest BCUT2D eigenvalue weighted by Gasteiger charge is -2.29. The van der Waals surface area contributed by atoms with Crippen molar-refractivity contribution in [3.8, 4) is 0 Å². The summed E-state index contributed by atoms with van der Waals surface area (Å²) < 4.78 is 38.7. The van der Waals surface area contributed by atoms with Crippen molar-refractivity contribution in [1.82, 2.24) is 4.98 Å². The second-order valence-corrected chi connectivity index (χ2v) is 4.27. The molecule has 1 atom stereocenters. The van der Waals surface area contributed by atoms with E-state index in [0.717, 1.165) is 0 Å². The number of carbonyl (C=O) groups excluding carboxylic acids is 1. The molecule has 1 unspecified atom stereocenters. The van der Waals surface area contributed by atoms with Crippen LogP contribution < -0.4 is 11.1 Å². The number of carboxylic acids is 1. The number of nitrogens with zero attached hydrogens (tertiary/aromatic N) is 1. The summed E-state index contributed by atoms with van der Waals surface area (Å²) in [6, 6.07) is 2.54. The summed E-state index contributed by atoms with van der Waals surface area (Å²) in [4.78, 5) is 25.8. The number of primary amides is 1. The largest absolute Gasteiger partial charge is 0.479 e. The Kier molecular flexibility index (Phi) is 3.92.